The van der Waals surface area contributed by atoms with Gasteiger partial charge in [0.2, 0.25) is 0 Å². The number of benzene rings is 3. The van der Waals surface area contributed by atoms with Crippen LogP contribution in [0.2, 0.25) is 25.1 Å². The van der Waals surface area contributed by atoms with Crippen molar-refractivity contribution >= 4 is 58.0 Å². The second kappa shape index (κ2) is 7.98. The van der Waals surface area contributed by atoms with Gasteiger partial charge in [0.15, 0.2) is 0 Å². The van der Waals surface area contributed by atoms with Crippen LogP contribution in [0.25, 0.3) is 28.2 Å². The van der Waals surface area contributed by atoms with E-state index >= 15 is 0 Å². The lowest BCUT2D eigenvalue weighted by atomic mass is 10.1. The lowest BCUT2D eigenvalue weighted by Crippen LogP contribution is -1.99. The number of aromatic nitrogens is 2. The van der Waals surface area contributed by atoms with E-state index < -0.39 is 0 Å². The highest BCUT2D eigenvalue weighted by Gasteiger charge is 2.15. The van der Waals surface area contributed by atoms with Crippen LogP contribution in [-0.4, -0.2) is 9.78 Å². The molecule has 0 aliphatic rings. The fourth-order valence-corrected chi connectivity index (χ4v) is 3.62. The van der Waals surface area contributed by atoms with Crippen molar-refractivity contribution in [3.8, 4) is 28.2 Å². The first kappa shape index (κ1) is 19.6. The van der Waals surface area contributed by atoms with Gasteiger partial charge in [-0.25, -0.2) is 4.68 Å². The summed E-state index contributed by atoms with van der Waals surface area (Å²) >= 11 is 30.7. The van der Waals surface area contributed by atoms with Crippen molar-refractivity contribution in [1.29, 1.82) is 0 Å². The van der Waals surface area contributed by atoms with Crippen LogP contribution in [0.15, 0.2) is 66.7 Å². The summed E-state index contributed by atoms with van der Waals surface area (Å²) in [6.45, 7) is 0. The Hall–Kier alpha value is -1.68. The summed E-state index contributed by atoms with van der Waals surface area (Å²) in [5.74, 6) is 0. The van der Waals surface area contributed by atoms with Gasteiger partial charge in [0, 0.05) is 16.1 Å². The van der Waals surface area contributed by atoms with Crippen LogP contribution in [0.1, 0.15) is 0 Å². The number of nitrogens with zero attached hydrogens (tertiary/aromatic N) is 2. The number of rotatable bonds is 3. The van der Waals surface area contributed by atoms with Crippen molar-refractivity contribution in [1.82, 2.24) is 9.78 Å². The maximum Gasteiger partial charge on any atom is 0.0934 e. The molecule has 0 fully saturated rings. The third-order valence-electron chi connectivity index (χ3n) is 4.19. The van der Waals surface area contributed by atoms with Gasteiger partial charge in [0.05, 0.1) is 37.2 Å². The zero-order valence-corrected chi connectivity index (χ0v) is 17.9. The first-order valence-corrected chi connectivity index (χ1v) is 10.1. The van der Waals surface area contributed by atoms with Crippen LogP contribution >= 0.6 is 58.0 Å². The van der Waals surface area contributed by atoms with Gasteiger partial charge in [-0.1, -0.05) is 76.2 Å². The summed E-state index contributed by atoms with van der Waals surface area (Å²) in [5, 5.41) is 7.30. The molecule has 0 atom stereocenters. The highest BCUT2D eigenvalue weighted by atomic mass is 35.5. The van der Waals surface area contributed by atoms with E-state index in [1.165, 1.54) is 0 Å². The van der Waals surface area contributed by atoms with Gasteiger partial charge in [-0.05, 0) is 48.5 Å². The predicted molar refractivity (Wildman–Crippen MR) is 119 cm³/mol. The molecule has 1 heterocycles. The second-order valence-electron chi connectivity index (χ2n) is 6.06. The molecule has 4 rings (SSSR count). The Balaban J connectivity index is 1.93. The average molecular weight is 469 g/mol. The third-order valence-corrected chi connectivity index (χ3v) is 5.91. The molecule has 0 aliphatic heterocycles. The quantitative estimate of drug-likeness (QED) is 0.295. The van der Waals surface area contributed by atoms with Crippen molar-refractivity contribution in [3.63, 3.8) is 0 Å². The first-order chi connectivity index (χ1) is 13.4. The molecule has 0 aliphatic carbocycles. The van der Waals surface area contributed by atoms with E-state index in [0.29, 0.717) is 25.1 Å². The number of hydrogen-bond acceptors (Lipinski definition) is 1. The monoisotopic (exact) mass is 466 g/mol. The van der Waals surface area contributed by atoms with Crippen LogP contribution < -0.4 is 0 Å². The van der Waals surface area contributed by atoms with E-state index in [1.807, 2.05) is 47.1 Å². The first-order valence-electron chi connectivity index (χ1n) is 8.19. The van der Waals surface area contributed by atoms with Crippen LogP contribution in [0.4, 0.5) is 0 Å². The van der Waals surface area contributed by atoms with Gasteiger partial charge in [-0.3, -0.25) is 0 Å². The largest absolute Gasteiger partial charge is 0.232 e. The van der Waals surface area contributed by atoms with Gasteiger partial charge >= 0.3 is 0 Å². The number of hydrogen-bond donors (Lipinski definition) is 0. The van der Waals surface area contributed by atoms with Crippen LogP contribution in [0.5, 0.6) is 0 Å². The van der Waals surface area contributed by atoms with Gasteiger partial charge in [-0.15, -0.1) is 0 Å². The van der Waals surface area contributed by atoms with Crippen LogP contribution in [0.3, 0.4) is 0 Å². The van der Waals surface area contributed by atoms with Crippen molar-refractivity contribution in [3.05, 3.63) is 91.8 Å². The molecule has 0 spiro atoms. The third kappa shape index (κ3) is 3.89. The molecule has 4 aromatic rings. The van der Waals surface area contributed by atoms with E-state index in [9.17, 15) is 0 Å². The van der Waals surface area contributed by atoms with E-state index in [1.54, 1.807) is 24.3 Å². The molecule has 0 radical (unpaired) electrons. The summed E-state index contributed by atoms with van der Waals surface area (Å²) < 4.78 is 1.81. The maximum atomic E-state index is 6.23. The smallest absolute Gasteiger partial charge is 0.0934 e. The summed E-state index contributed by atoms with van der Waals surface area (Å²) in [6, 6.07) is 20.3. The lowest BCUT2D eigenvalue weighted by Gasteiger charge is -2.09. The zero-order chi connectivity index (χ0) is 19.8. The van der Waals surface area contributed by atoms with Gasteiger partial charge in [-0.2, -0.15) is 5.10 Å². The van der Waals surface area contributed by atoms with Gasteiger partial charge in [0.1, 0.15) is 0 Å². The number of halogens is 5. The molecular formula is C21H11Cl5N2. The Morgan fingerprint density at radius 2 is 1.25 bits per heavy atom. The minimum absolute atomic E-state index is 0.465. The summed E-state index contributed by atoms with van der Waals surface area (Å²) in [7, 11) is 0. The Labute approximate surface area is 187 Å². The highest BCUT2D eigenvalue weighted by molar-refractivity contribution is 6.42. The standard InChI is InChI=1S/C21H11Cl5N2/c22-14-2-1-3-15(10-14)28-21(13-5-7-17(24)19(26)9-13)11-20(27-28)12-4-6-16(23)18(25)8-12/h1-11H. The van der Waals surface area contributed by atoms with Crippen molar-refractivity contribution in [2.75, 3.05) is 0 Å². The van der Waals surface area contributed by atoms with Crippen molar-refractivity contribution < 1.29 is 0 Å². The molecule has 2 nitrogen and oxygen atoms in total. The molecule has 0 unspecified atom stereocenters. The molecule has 1 aromatic heterocycles. The molecule has 0 N–H and O–H groups in total. The maximum absolute atomic E-state index is 6.23. The minimum atomic E-state index is 0.465. The molecule has 140 valence electrons. The van der Waals surface area contributed by atoms with Gasteiger partial charge in [0.25, 0.3) is 0 Å². The van der Waals surface area contributed by atoms with Crippen molar-refractivity contribution in [2.24, 2.45) is 0 Å². The molecule has 3 aromatic carbocycles. The molecule has 0 amide bonds. The topological polar surface area (TPSA) is 17.8 Å². The Morgan fingerprint density at radius 1 is 0.607 bits per heavy atom. The Kier molecular flexibility index (Phi) is 5.59. The highest BCUT2D eigenvalue weighted by Crippen LogP contribution is 2.34. The Bertz CT molecular complexity index is 1180. The Morgan fingerprint density at radius 3 is 1.89 bits per heavy atom. The molecule has 0 saturated carbocycles. The SMILES string of the molecule is Clc1cccc(-n2nc(-c3ccc(Cl)c(Cl)c3)cc2-c2ccc(Cl)c(Cl)c2)c1. The second-order valence-corrected chi connectivity index (χ2v) is 8.13. The van der Waals surface area contributed by atoms with Gasteiger partial charge < -0.3 is 0 Å². The molecule has 28 heavy (non-hydrogen) atoms. The predicted octanol–water partition coefficient (Wildman–Crippen LogP) is 8.47. The van der Waals surface area contributed by atoms with Crippen LogP contribution in [-0.2, 0) is 0 Å². The summed E-state index contributed by atoms with van der Waals surface area (Å²) in [4.78, 5) is 0. The fraction of sp³-hybridized carbons (Fsp3) is 0. The van der Waals surface area contributed by atoms with E-state index in [0.717, 1.165) is 28.2 Å². The molecule has 0 saturated heterocycles. The summed E-state index contributed by atoms with van der Waals surface area (Å²) in [6.07, 6.45) is 0. The minimum Gasteiger partial charge on any atom is -0.232 e. The van der Waals surface area contributed by atoms with E-state index in [4.69, 9.17) is 63.1 Å². The van der Waals surface area contributed by atoms with E-state index in [2.05, 4.69) is 0 Å². The fourth-order valence-electron chi connectivity index (χ4n) is 2.84. The van der Waals surface area contributed by atoms with Crippen LogP contribution in [0, 0.1) is 0 Å². The average Bonchev–Trinajstić information content (AvgIpc) is 3.11. The van der Waals surface area contributed by atoms with E-state index in [-0.39, 0.29) is 0 Å². The zero-order valence-electron chi connectivity index (χ0n) is 14.1. The van der Waals surface area contributed by atoms with Crippen molar-refractivity contribution in [2.45, 2.75) is 0 Å². The normalized spacial score (nSPS) is 11.0. The molecular weight excluding hydrogens is 458 g/mol. The summed E-state index contributed by atoms with van der Waals surface area (Å²) in [5.41, 5.74) is 4.10. The lowest BCUT2D eigenvalue weighted by molar-refractivity contribution is 0.892. The molecule has 0 bridgehead atoms. The molecule has 7 heteroatoms.